The Bertz CT molecular complexity index is 609. The third-order valence-corrected chi connectivity index (χ3v) is 4.93. The maximum Gasteiger partial charge on any atom is 0.355 e. The van der Waals surface area contributed by atoms with Gasteiger partial charge in [0.15, 0.2) is 5.58 Å². The quantitative estimate of drug-likeness (QED) is 0.444. The molecule has 2 rings (SSSR count). The highest BCUT2D eigenvalue weighted by Crippen LogP contribution is 2.22. The number of aromatic nitrogens is 1. The summed E-state index contributed by atoms with van der Waals surface area (Å²) in [5.41, 5.74) is 2.00. The van der Waals surface area contributed by atoms with E-state index in [2.05, 4.69) is 19.6 Å². The van der Waals surface area contributed by atoms with Crippen LogP contribution in [0.3, 0.4) is 0 Å². The van der Waals surface area contributed by atoms with Crippen LogP contribution in [0, 0.1) is 0 Å². The number of rotatable bonds is 7. The van der Waals surface area contributed by atoms with E-state index in [1.165, 1.54) is 0 Å². The lowest BCUT2D eigenvalue weighted by Gasteiger charge is -2.16. The SMILES string of the molecule is CCOC(=O)c1cc2occc2n1COCC[Si](C)(C)C. The summed E-state index contributed by atoms with van der Waals surface area (Å²) in [5, 5.41) is 0. The summed E-state index contributed by atoms with van der Waals surface area (Å²) < 4.78 is 18.0. The average molecular weight is 309 g/mol. The Morgan fingerprint density at radius 2 is 2.14 bits per heavy atom. The van der Waals surface area contributed by atoms with Crippen LogP contribution in [-0.2, 0) is 16.2 Å². The molecular weight excluding hydrogens is 286 g/mol. The van der Waals surface area contributed by atoms with Gasteiger partial charge in [-0.25, -0.2) is 4.79 Å². The second kappa shape index (κ2) is 6.49. The highest BCUT2D eigenvalue weighted by Gasteiger charge is 2.19. The summed E-state index contributed by atoms with van der Waals surface area (Å²) in [5.74, 6) is -0.349. The van der Waals surface area contributed by atoms with Gasteiger partial charge in [0.05, 0.1) is 18.4 Å². The lowest BCUT2D eigenvalue weighted by molar-refractivity contribution is 0.0478. The van der Waals surface area contributed by atoms with E-state index in [9.17, 15) is 4.79 Å². The number of carbonyl (C=O) groups is 1. The normalized spacial score (nSPS) is 12.0. The predicted octanol–water partition coefficient (Wildman–Crippen LogP) is 3.72. The molecule has 0 spiro atoms. The van der Waals surface area contributed by atoms with Crippen molar-refractivity contribution in [1.82, 2.24) is 4.57 Å². The molecule has 6 heteroatoms. The minimum atomic E-state index is -1.11. The number of fused-ring (bicyclic) bond motifs is 1. The van der Waals surface area contributed by atoms with Crippen molar-refractivity contribution in [2.24, 2.45) is 0 Å². The zero-order valence-corrected chi connectivity index (χ0v) is 14.1. The summed E-state index contributed by atoms with van der Waals surface area (Å²) in [6.45, 7) is 10.1. The molecule has 0 saturated carbocycles. The second-order valence-electron chi connectivity index (χ2n) is 6.20. The molecule has 0 fully saturated rings. The molecular formula is C15H23NO4Si. The number of hydrogen-bond donors (Lipinski definition) is 0. The van der Waals surface area contributed by atoms with E-state index in [0.29, 0.717) is 31.2 Å². The van der Waals surface area contributed by atoms with Crippen LogP contribution in [-0.4, -0.2) is 31.8 Å². The monoisotopic (exact) mass is 309 g/mol. The largest absolute Gasteiger partial charge is 0.463 e. The summed E-state index contributed by atoms with van der Waals surface area (Å²) in [4.78, 5) is 12.0. The predicted molar refractivity (Wildman–Crippen MR) is 84.3 cm³/mol. The minimum absolute atomic E-state index is 0.335. The Morgan fingerprint density at radius 3 is 2.81 bits per heavy atom. The number of nitrogens with zero attached hydrogens (tertiary/aromatic N) is 1. The first-order valence-corrected chi connectivity index (χ1v) is 10.9. The first kappa shape index (κ1) is 15.8. The van der Waals surface area contributed by atoms with Gasteiger partial charge < -0.3 is 18.5 Å². The Balaban J connectivity index is 2.11. The molecule has 0 bridgehead atoms. The summed E-state index contributed by atoms with van der Waals surface area (Å²) in [7, 11) is -1.11. The van der Waals surface area contributed by atoms with Gasteiger partial charge in [0, 0.05) is 26.8 Å². The standard InChI is InChI=1S/C15H23NO4Si/c1-5-19-15(17)13-10-14-12(6-7-20-14)16(13)11-18-8-9-21(2,3)4/h6-7,10H,5,8-9,11H2,1-4H3. The van der Waals surface area contributed by atoms with Gasteiger partial charge >= 0.3 is 5.97 Å². The summed E-state index contributed by atoms with van der Waals surface area (Å²) in [6, 6.07) is 4.63. The molecule has 0 radical (unpaired) electrons. The van der Waals surface area contributed by atoms with E-state index in [-0.39, 0.29) is 5.97 Å². The van der Waals surface area contributed by atoms with Crippen LogP contribution < -0.4 is 0 Å². The van der Waals surface area contributed by atoms with Crippen LogP contribution in [0.5, 0.6) is 0 Å². The van der Waals surface area contributed by atoms with Gasteiger partial charge in [-0.05, 0) is 13.0 Å². The number of esters is 1. The number of furan rings is 1. The molecule has 2 aromatic rings. The molecule has 0 aliphatic heterocycles. The fraction of sp³-hybridized carbons (Fsp3) is 0.533. The Labute approximate surface area is 125 Å². The van der Waals surface area contributed by atoms with Gasteiger partial charge in [-0.3, -0.25) is 0 Å². The van der Waals surface area contributed by atoms with E-state index < -0.39 is 8.07 Å². The van der Waals surface area contributed by atoms with Gasteiger partial charge in [-0.1, -0.05) is 19.6 Å². The van der Waals surface area contributed by atoms with E-state index >= 15 is 0 Å². The van der Waals surface area contributed by atoms with Gasteiger partial charge in [-0.2, -0.15) is 0 Å². The lowest BCUT2D eigenvalue weighted by atomic mass is 10.4. The molecule has 5 nitrogen and oxygen atoms in total. The maximum atomic E-state index is 12.0. The zero-order chi connectivity index (χ0) is 15.5. The molecule has 0 aromatic carbocycles. The van der Waals surface area contributed by atoms with Crippen molar-refractivity contribution in [3.05, 3.63) is 24.1 Å². The zero-order valence-electron chi connectivity index (χ0n) is 13.1. The van der Waals surface area contributed by atoms with E-state index in [0.717, 1.165) is 11.6 Å². The highest BCUT2D eigenvalue weighted by atomic mass is 28.3. The van der Waals surface area contributed by atoms with Crippen molar-refractivity contribution in [3.63, 3.8) is 0 Å². The van der Waals surface area contributed by atoms with Crippen molar-refractivity contribution in [2.75, 3.05) is 13.2 Å². The molecule has 0 atom stereocenters. The maximum absolute atomic E-state index is 12.0. The molecule has 2 heterocycles. The number of hydrogen-bond acceptors (Lipinski definition) is 4. The molecule has 0 saturated heterocycles. The van der Waals surface area contributed by atoms with Crippen LogP contribution in [0.15, 0.2) is 22.8 Å². The molecule has 0 amide bonds. The lowest BCUT2D eigenvalue weighted by Crippen LogP contribution is -2.22. The molecule has 0 aliphatic rings. The molecule has 0 N–H and O–H groups in total. The number of ether oxygens (including phenoxy) is 2. The van der Waals surface area contributed by atoms with Gasteiger partial charge in [0.25, 0.3) is 0 Å². The summed E-state index contributed by atoms with van der Waals surface area (Å²) >= 11 is 0. The summed E-state index contributed by atoms with van der Waals surface area (Å²) in [6.07, 6.45) is 1.61. The minimum Gasteiger partial charge on any atom is -0.463 e. The Morgan fingerprint density at radius 1 is 1.38 bits per heavy atom. The molecule has 0 aliphatic carbocycles. The first-order chi connectivity index (χ1) is 9.92. The van der Waals surface area contributed by atoms with Crippen molar-refractivity contribution >= 4 is 25.1 Å². The highest BCUT2D eigenvalue weighted by molar-refractivity contribution is 6.76. The Hall–Kier alpha value is -1.53. The first-order valence-electron chi connectivity index (χ1n) is 7.24. The molecule has 116 valence electrons. The van der Waals surface area contributed by atoms with Crippen molar-refractivity contribution in [1.29, 1.82) is 0 Å². The van der Waals surface area contributed by atoms with E-state index in [1.807, 2.05) is 6.07 Å². The third kappa shape index (κ3) is 3.98. The van der Waals surface area contributed by atoms with Crippen LogP contribution >= 0.6 is 0 Å². The van der Waals surface area contributed by atoms with Crippen molar-refractivity contribution in [2.45, 2.75) is 39.3 Å². The number of carbonyl (C=O) groups excluding carboxylic acids is 1. The van der Waals surface area contributed by atoms with Crippen LogP contribution in [0.25, 0.3) is 11.1 Å². The average Bonchev–Trinajstić information content (AvgIpc) is 2.95. The fourth-order valence-corrected chi connectivity index (χ4v) is 2.78. The third-order valence-electron chi connectivity index (χ3n) is 3.22. The smallest absolute Gasteiger partial charge is 0.355 e. The van der Waals surface area contributed by atoms with Gasteiger partial charge in [-0.15, -0.1) is 0 Å². The molecule has 0 unspecified atom stereocenters. The van der Waals surface area contributed by atoms with Crippen LogP contribution in [0.2, 0.25) is 25.7 Å². The van der Waals surface area contributed by atoms with E-state index in [4.69, 9.17) is 13.9 Å². The van der Waals surface area contributed by atoms with Crippen molar-refractivity contribution < 1.29 is 18.7 Å². The second-order valence-corrected chi connectivity index (χ2v) is 11.8. The van der Waals surface area contributed by atoms with E-state index in [1.54, 1.807) is 23.8 Å². The topological polar surface area (TPSA) is 53.6 Å². The Kier molecular flexibility index (Phi) is 4.90. The van der Waals surface area contributed by atoms with Crippen LogP contribution in [0.4, 0.5) is 0 Å². The fourth-order valence-electron chi connectivity index (χ4n) is 2.02. The van der Waals surface area contributed by atoms with Crippen molar-refractivity contribution in [3.8, 4) is 0 Å². The van der Waals surface area contributed by atoms with Gasteiger partial charge in [0.2, 0.25) is 0 Å². The van der Waals surface area contributed by atoms with Crippen LogP contribution in [0.1, 0.15) is 17.4 Å². The molecule has 2 aromatic heterocycles. The molecule has 21 heavy (non-hydrogen) atoms. The van der Waals surface area contributed by atoms with Gasteiger partial charge in [0.1, 0.15) is 12.4 Å².